The van der Waals surface area contributed by atoms with Crippen molar-refractivity contribution in [3.05, 3.63) is 66.0 Å². The van der Waals surface area contributed by atoms with Gasteiger partial charge in [-0.1, -0.05) is 30.3 Å². The minimum absolute atomic E-state index is 0.0828. The number of likely N-dealkylation sites (tertiary alicyclic amines) is 1. The number of carbonyl (C=O) groups is 2. The number of hydrogen-bond donors (Lipinski definition) is 2. The summed E-state index contributed by atoms with van der Waals surface area (Å²) in [5.74, 6) is 0.0660. The first-order chi connectivity index (χ1) is 13.2. The Bertz CT molecular complexity index is 943. The second-order valence-corrected chi connectivity index (χ2v) is 6.93. The van der Waals surface area contributed by atoms with Crippen LogP contribution in [0.4, 0.5) is 0 Å². The van der Waals surface area contributed by atoms with Crippen LogP contribution in [-0.4, -0.2) is 45.8 Å². The molecule has 27 heavy (non-hydrogen) atoms. The summed E-state index contributed by atoms with van der Waals surface area (Å²) in [5, 5.41) is 3.09. The van der Waals surface area contributed by atoms with Gasteiger partial charge in [0.05, 0.1) is 23.8 Å². The van der Waals surface area contributed by atoms with Crippen LogP contribution < -0.4 is 5.32 Å². The Labute approximate surface area is 157 Å². The molecule has 0 spiro atoms. The highest BCUT2D eigenvalue weighted by Crippen LogP contribution is 2.15. The number of aromatic nitrogens is 2. The van der Waals surface area contributed by atoms with Gasteiger partial charge >= 0.3 is 0 Å². The summed E-state index contributed by atoms with van der Waals surface area (Å²) in [6.07, 6.45) is 3.60. The lowest BCUT2D eigenvalue weighted by atomic mass is 10.0. The van der Waals surface area contributed by atoms with Gasteiger partial charge in [-0.05, 0) is 36.6 Å². The highest BCUT2D eigenvalue weighted by molar-refractivity contribution is 5.97. The molecule has 6 heteroatoms. The SMILES string of the molecule is O=C(NC1CCN(C(=O)Cc2ccccc2)CC1)c1ccc2nc[nH]c2c1. The number of imidazole rings is 1. The fourth-order valence-corrected chi connectivity index (χ4v) is 3.50. The fourth-order valence-electron chi connectivity index (χ4n) is 3.50. The molecule has 0 unspecified atom stereocenters. The van der Waals surface area contributed by atoms with Gasteiger partial charge in [-0.25, -0.2) is 4.98 Å². The van der Waals surface area contributed by atoms with E-state index in [0.29, 0.717) is 25.1 Å². The van der Waals surface area contributed by atoms with E-state index >= 15 is 0 Å². The Morgan fingerprint density at radius 1 is 1.11 bits per heavy atom. The maximum Gasteiger partial charge on any atom is 0.251 e. The molecule has 1 aromatic heterocycles. The highest BCUT2D eigenvalue weighted by Gasteiger charge is 2.24. The molecule has 4 rings (SSSR count). The zero-order chi connectivity index (χ0) is 18.6. The van der Waals surface area contributed by atoms with Crippen molar-refractivity contribution >= 4 is 22.8 Å². The molecule has 6 nitrogen and oxygen atoms in total. The second-order valence-electron chi connectivity index (χ2n) is 6.93. The Kier molecular flexibility index (Phi) is 4.87. The lowest BCUT2D eigenvalue weighted by molar-refractivity contribution is -0.131. The molecule has 0 saturated carbocycles. The van der Waals surface area contributed by atoms with Crippen molar-refractivity contribution in [2.45, 2.75) is 25.3 Å². The molecule has 2 aromatic carbocycles. The van der Waals surface area contributed by atoms with Crippen molar-refractivity contribution in [2.75, 3.05) is 13.1 Å². The number of H-pyrrole nitrogens is 1. The normalized spacial score (nSPS) is 15.0. The first-order valence-electron chi connectivity index (χ1n) is 9.25. The number of carbonyl (C=O) groups excluding carboxylic acids is 2. The van der Waals surface area contributed by atoms with E-state index < -0.39 is 0 Å². The lowest BCUT2D eigenvalue weighted by Crippen LogP contribution is -2.47. The third kappa shape index (κ3) is 4.00. The van der Waals surface area contributed by atoms with Crippen molar-refractivity contribution in [3.8, 4) is 0 Å². The van der Waals surface area contributed by atoms with Crippen LogP contribution in [0.5, 0.6) is 0 Å². The number of benzene rings is 2. The molecule has 1 saturated heterocycles. The van der Waals surface area contributed by atoms with Gasteiger partial charge in [-0.2, -0.15) is 0 Å². The highest BCUT2D eigenvalue weighted by atomic mass is 16.2. The topological polar surface area (TPSA) is 78.1 Å². The monoisotopic (exact) mass is 362 g/mol. The van der Waals surface area contributed by atoms with E-state index in [1.807, 2.05) is 47.4 Å². The van der Waals surface area contributed by atoms with E-state index in [1.54, 1.807) is 12.4 Å². The Hall–Kier alpha value is -3.15. The molecule has 0 atom stereocenters. The van der Waals surface area contributed by atoms with Crippen molar-refractivity contribution in [1.82, 2.24) is 20.2 Å². The summed E-state index contributed by atoms with van der Waals surface area (Å²) in [5.41, 5.74) is 3.35. The van der Waals surface area contributed by atoms with Gasteiger partial charge in [0.2, 0.25) is 5.91 Å². The van der Waals surface area contributed by atoms with Crippen LogP contribution in [0, 0.1) is 0 Å². The van der Waals surface area contributed by atoms with Gasteiger partial charge in [0, 0.05) is 24.7 Å². The first-order valence-corrected chi connectivity index (χ1v) is 9.25. The number of fused-ring (bicyclic) bond motifs is 1. The maximum absolute atomic E-state index is 12.5. The summed E-state index contributed by atoms with van der Waals surface area (Å²) in [7, 11) is 0. The molecule has 138 valence electrons. The van der Waals surface area contributed by atoms with E-state index in [0.717, 1.165) is 29.4 Å². The molecule has 1 aliphatic heterocycles. The molecule has 1 fully saturated rings. The van der Waals surface area contributed by atoms with Gasteiger partial charge in [-0.15, -0.1) is 0 Å². The Morgan fingerprint density at radius 2 is 1.89 bits per heavy atom. The van der Waals surface area contributed by atoms with Gasteiger partial charge in [-0.3, -0.25) is 9.59 Å². The minimum atomic E-state index is -0.0828. The number of nitrogens with one attached hydrogen (secondary N) is 2. The standard InChI is InChI=1S/C21H22N4O2/c26-20(12-15-4-2-1-3-5-15)25-10-8-17(9-11-25)24-21(27)16-6-7-18-19(13-16)23-14-22-18/h1-7,13-14,17H,8-12H2,(H,22,23)(H,24,27). The zero-order valence-electron chi connectivity index (χ0n) is 15.0. The summed E-state index contributed by atoms with van der Waals surface area (Å²) in [6.45, 7) is 1.35. The number of nitrogens with zero attached hydrogens (tertiary/aromatic N) is 2. The molecule has 2 heterocycles. The third-order valence-electron chi connectivity index (χ3n) is 5.06. The predicted octanol–water partition coefficient (Wildman–Crippen LogP) is 2.53. The average Bonchev–Trinajstić information content (AvgIpc) is 3.17. The van der Waals surface area contributed by atoms with Crippen LogP contribution in [0.15, 0.2) is 54.9 Å². The van der Waals surface area contributed by atoms with E-state index in [2.05, 4.69) is 15.3 Å². The third-order valence-corrected chi connectivity index (χ3v) is 5.06. The van der Waals surface area contributed by atoms with E-state index in [9.17, 15) is 9.59 Å². The second kappa shape index (κ2) is 7.61. The average molecular weight is 362 g/mol. The van der Waals surface area contributed by atoms with E-state index in [-0.39, 0.29) is 17.9 Å². The summed E-state index contributed by atoms with van der Waals surface area (Å²) >= 11 is 0. The van der Waals surface area contributed by atoms with Crippen molar-refractivity contribution in [1.29, 1.82) is 0 Å². The smallest absolute Gasteiger partial charge is 0.251 e. The number of amides is 2. The number of hydrogen-bond acceptors (Lipinski definition) is 3. The molecule has 2 amide bonds. The van der Waals surface area contributed by atoms with Crippen LogP contribution in [0.1, 0.15) is 28.8 Å². The van der Waals surface area contributed by atoms with Crippen molar-refractivity contribution < 1.29 is 9.59 Å². The van der Waals surface area contributed by atoms with Crippen LogP contribution in [0.3, 0.4) is 0 Å². The Balaban J connectivity index is 1.30. The molecule has 3 aromatic rings. The van der Waals surface area contributed by atoms with Crippen LogP contribution in [0.25, 0.3) is 11.0 Å². The largest absolute Gasteiger partial charge is 0.349 e. The zero-order valence-corrected chi connectivity index (χ0v) is 15.0. The predicted molar refractivity (Wildman–Crippen MR) is 103 cm³/mol. The molecule has 2 N–H and O–H groups in total. The molecule has 0 bridgehead atoms. The summed E-state index contributed by atoms with van der Waals surface area (Å²) in [6, 6.07) is 15.3. The summed E-state index contributed by atoms with van der Waals surface area (Å²) < 4.78 is 0. The summed E-state index contributed by atoms with van der Waals surface area (Å²) in [4.78, 5) is 34.0. The minimum Gasteiger partial charge on any atom is -0.349 e. The van der Waals surface area contributed by atoms with Crippen LogP contribution >= 0.6 is 0 Å². The van der Waals surface area contributed by atoms with Crippen molar-refractivity contribution in [3.63, 3.8) is 0 Å². The van der Waals surface area contributed by atoms with E-state index in [4.69, 9.17) is 0 Å². The van der Waals surface area contributed by atoms with Gasteiger partial charge in [0.15, 0.2) is 0 Å². The quantitative estimate of drug-likeness (QED) is 0.749. The molecule has 1 aliphatic rings. The van der Waals surface area contributed by atoms with Gasteiger partial charge < -0.3 is 15.2 Å². The number of aromatic amines is 1. The maximum atomic E-state index is 12.5. The van der Waals surface area contributed by atoms with E-state index in [1.165, 1.54) is 0 Å². The molecule has 0 radical (unpaired) electrons. The molecular formula is C21H22N4O2. The van der Waals surface area contributed by atoms with Crippen molar-refractivity contribution in [2.24, 2.45) is 0 Å². The Morgan fingerprint density at radius 3 is 2.67 bits per heavy atom. The van der Waals surface area contributed by atoms with Crippen LogP contribution in [0.2, 0.25) is 0 Å². The fraction of sp³-hybridized carbons (Fsp3) is 0.286. The molecule has 0 aliphatic carbocycles. The first kappa shape index (κ1) is 17.3. The number of rotatable bonds is 4. The lowest BCUT2D eigenvalue weighted by Gasteiger charge is -2.32. The number of piperidine rings is 1. The van der Waals surface area contributed by atoms with Gasteiger partial charge in [0.1, 0.15) is 0 Å². The molecular weight excluding hydrogens is 340 g/mol. The van der Waals surface area contributed by atoms with Crippen LogP contribution in [-0.2, 0) is 11.2 Å². The van der Waals surface area contributed by atoms with Gasteiger partial charge in [0.25, 0.3) is 5.91 Å².